The molecule has 0 aromatic heterocycles. The van der Waals surface area contributed by atoms with Crippen molar-refractivity contribution in [1.29, 1.82) is 0 Å². The van der Waals surface area contributed by atoms with Crippen molar-refractivity contribution in [3.63, 3.8) is 0 Å². The van der Waals surface area contributed by atoms with Crippen LogP contribution >= 0.6 is 0 Å². The molecule has 0 saturated heterocycles. The summed E-state index contributed by atoms with van der Waals surface area (Å²) in [5.41, 5.74) is 0.478. The van der Waals surface area contributed by atoms with Crippen LogP contribution in [0.1, 0.15) is 87.9 Å². The molecule has 1 aromatic carbocycles. The fourth-order valence-electron chi connectivity index (χ4n) is 2.61. The van der Waals surface area contributed by atoms with Crippen molar-refractivity contribution in [2.45, 2.75) is 77.6 Å². The minimum absolute atomic E-state index is 0.0369. The zero-order valence-electron chi connectivity index (χ0n) is 13.8. The highest BCUT2D eigenvalue weighted by Gasteiger charge is 2.08. The van der Waals surface area contributed by atoms with Crippen LogP contribution in [0.2, 0.25) is 0 Å². The van der Waals surface area contributed by atoms with Crippen molar-refractivity contribution in [1.82, 2.24) is 0 Å². The molecular weight excluding hydrogens is 276 g/mol. The molecule has 0 fully saturated rings. The summed E-state index contributed by atoms with van der Waals surface area (Å²) in [4.78, 5) is 12.0. The molecule has 0 unspecified atom stereocenters. The van der Waals surface area contributed by atoms with Crippen LogP contribution in [0.3, 0.4) is 0 Å². The maximum absolute atomic E-state index is 12.0. The summed E-state index contributed by atoms with van der Waals surface area (Å²) in [6.07, 6.45) is 13.0. The van der Waals surface area contributed by atoms with Crippen molar-refractivity contribution >= 4 is 5.78 Å². The van der Waals surface area contributed by atoms with Gasteiger partial charge >= 0.3 is 0 Å². The maximum Gasteiger partial charge on any atom is 0.163 e. The standard InChI is InChI=1S/C19H30O3/c1-2-3-4-5-6-7-8-9-10-11-12-17(20)16-13-14-18(21)19(22)15-16/h13-15,21-22H,2-12H2,1H3. The number of phenols is 2. The first-order valence-electron chi connectivity index (χ1n) is 8.70. The Balaban J connectivity index is 2.04. The summed E-state index contributed by atoms with van der Waals surface area (Å²) >= 11 is 0. The molecule has 124 valence electrons. The number of Topliss-reactive ketones (excluding diaryl/α,β-unsaturated/α-hetero) is 1. The van der Waals surface area contributed by atoms with Crippen LogP contribution in [0.4, 0.5) is 0 Å². The second-order valence-electron chi connectivity index (χ2n) is 6.06. The Labute approximate surface area is 134 Å². The van der Waals surface area contributed by atoms with Crippen LogP contribution in [-0.2, 0) is 0 Å². The fraction of sp³-hybridized carbons (Fsp3) is 0.632. The number of aromatic hydroxyl groups is 2. The third-order valence-electron chi connectivity index (χ3n) is 4.05. The van der Waals surface area contributed by atoms with Crippen molar-refractivity contribution in [2.75, 3.05) is 0 Å². The minimum atomic E-state index is -0.228. The molecule has 1 rings (SSSR count). The summed E-state index contributed by atoms with van der Waals surface area (Å²) < 4.78 is 0. The SMILES string of the molecule is CCCCCCCCCCCCC(=O)c1ccc(O)c(O)c1. The first-order valence-corrected chi connectivity index (χ1v) is 8.70. The van der Waals surface area contributed by atoms with Gasteiger partial charge in [0.05, 0.1) is 0 Å². The molecule has 0 aliphatic rings. The van der Waals surface area contributed by atoms with Gasteiger partial charge in [-0.2, -0.15) is 0 Å². The molecule has 0 aliphatic heterocycles. The Morgan fingerprint density at radius 2 is 1.36 bits per heavy atom. The Morgan fingerprint density at radius 3 is 1.91 bits per heavy atom. The molecule has 2 N–H and O–H groups in total. The van der Waals surface area contributed by atoms with Crippen molar-refractivity contribution in [3.8, 4) is 11.5 Å². The average Bonchev–Trinajstić information content (AvgIpc) is 2.51. The molecule has 3 nitrogen and oxygen atoms in total. The number of ketones is 1. The lowest BCUT2D eigenvalue weighted by atomic mass is 10.0. The topological polar surface area (TPSA) is 57.5 Å². The Bertz CT molecular complexity index is 440. The minimum Gasteiger partial charge on any atom is -0.504 e. The molecule has 3 heteroatoms. The molecule has 0 spiro atoms. The molecule has 1 aromatic rings. The van der Waals surface area contributed by atoms with E-state index < -0.39 is 0 Å². The van der Waals surface area contributed by atoms with Crippen molar-refractivity contribution < 1.29 is 15.0 Å². The van der Waals surface area contributed by atoms with E-state index in [4.69, 9.17) is 0 Å². The first kappa shape index (κ1) is 18.5. The molecule has 22 heavy (non-hydrogen) atoms. The van der Waals surface area contributed by atoms with E-state index in [1.54, 1.807) is 6.07 Å². The van der Waals surface area contributed by atoms with Gasteiger partial charge in [-0.1, -0.05) is 64.7 Å². The smallest absolute Gasteiger partial charge is 0.163 e. The first-order chi connectivity index (χ1) is 10.6. The van der Waals surface area contributed by atoms with Gasteiger partial charge in [0.15, 0.2) is 17.3 Å². The highest BCUT2D eigenvalue weighted by atomic mass is 16.3. The lowest BCUT2D eigenvalue weighted by molar-refractivity contribution is 0.0978. The third-order valence-corrected chi connectivity index (χ3v) is 4.05. The molecule has 0 aliphatic carbocycles. The quantitative estimate of drug-likeness (QED) is 0.300. The van der Waals surface area contributed by atoms with E-state index in [1.165, 1.54) is 63.5 Å². The number of carbonyl (C=O) groups is 1. The van der Waals surface area contributed by atoms with Gasteiger partial charge in [-0.3, -0.25) is 4.79 Å². The van der Waals surface area contributed by atoms with Crippen molar-refractivity contribution in [2.24, 2.45) is 0 Å². The molecule has 0 saturated carbocycles. The highest BCUT2D eigenvalue weighted by Crippen LogP contribution is 2.25. The van der Waals surface area contributed by atoms with Gasteiger partial charge in [0.1, 0.15) is 0 Å². The second kappa shape index (κ2) is 11.1. The Morgan fingerprint density at radius 1 is 0.818 bits per heavy atom. The molecule has 0 bridgehead atoms. The van der Waals surface area contributed by atoms with Crippen molar-refractivity contribution in [3.05, 3.63) is 23.8 Å². The van der Waals surface area contributed by atoms with Gasteiger partial charge < -0.3 is 10.2 Å². The van der Waals surface area contributed by atoms with Gasteiger partial charge in [-0.25, -0.2) is 0 Å². The van der Waals surface area contributed by atoms with Gasteiger partial charge in [-0.05, 0) is 24.6 Å². The lowest BCUT2D eigenvalue weighted by Gasteiger charge is -2.04. The number of unbranched alkanes of at least 4 members (excludes halogenated alkanes) is 9. The van der Waals surface area contributed by atoms with E-state index in [1.807, 2.05) is 0 Å². The van der Waals surface area contributed by atoms with E-state index in [-0.39, 0.29) is 17.3 Å². The van der Waals surface area contributed by atoms with Crippen LogP contribution in [-0.4, -0.2) is 16.0 Å². The molecule has 0 amide bonds. The second-order valence-corrected chi connectivity index (χ2v) is 6.06. The summed E-state index contributed by atoms with van der Waals surface area (Å²) in [5, 5.41) is 18.6. The van der Waals surface area contributed by atoms with Gasteiger partial charge in [0.25, 0.3) is 0 Å². The molecular formula is C19H30O3. The number of hydrogen-bond acceptors (Lipinski definition) is 3. The van der Waals surface area contributed by atoms with Gasteiger partial charge in [0, 0.05) is 12.0 Å². The monoisotopic (exact) mass is 306 g/mol. The van der Waals surface area contributed by atoms with E-state index >= 15 is 0 Å². The zero-order valence-corrected chi connectivity index (χ0v) is 13.8. The predicted octanol–water partition coefficient (Wildman–Crippen LogP) is 5.59. The number of rotatable bonds is 12. The normalized spacial score (nSPS) is 10.8. The summed E-state index contributed by atoms with van der Waals surface area (Å²) in [6, 6.07) is 4.27. The predicted molar refractivity (Wildman–Crippen MR) is 90.6 cm³/mol. The Kier molecular flexibility index (Phi) is 9.36. The van der Waals surface area contributed by atoms with E-state index in [9.17, 15) is 15.0 Å². The largest absolute Gasteiger partial charge is 0.504 e. The number of benzene rings is 1. The summed E-state index contributed by atoms with van der Waals surface area (Å²) in [7, 11) is 0. The zero-order chi connectivity index (χ0) is 16.2. The van der Waals surface area contributed by atoms with Crippen LogP contribution < -0.4 is 0 Å². The van der Waals surface area contributed by atoms with E-state index in [0.717, 1.165) is 12.8 Å². The lowest BCUT2D eigenvalue weighted by Crippen LogP contribution is -1.98. The van der Waals surface area contributed by atoms with Crippen LogP contribution in [0.15, 0.2) is 18.2 Å². The van der Waals surface area contributed by atoms with Gasteiger partial charge in [0.2, 0.25) is 0 Å². The van der Waals surface area contributed by atoms with E-state index in [2.05, 4.69) is 6.92 Å². The number of phenolic OH excluding ortho intramolecular Hbond substituents is 2. The highest BCUT2D eigenvalue weighted by molar-refractivity contribution is 5.96. The fourth-order valence-corrected chi connectivity index (χ4v) is 2.61. The third kappa shape index (κ3) is 7.48. The van der Waals surface area contributed by atoms with Crippen LogP contribution in [0.5, 0.6) is 11.5 Å². The number of hydrogen-bond donors (Lipinski definition) is 2. The average molecular weight is 306 g/mol. The summed E-state index contributed by atoms with van der Waals surface area (Å²) in [6.45, 7) is 2.24. The van der Waals surface area contributed by atoms with Crippen LogP contribution in [0.25, 0.3) is 0 Å². The maximum atomic E-state index is 12.0. The Hall–Kier alpha value is -1.51. The summed E-state index contributed by atoms with van der Waals surface area (Å²) in [5.74, 6) is -0.376. The van der Waals surface area contributed by atoms with Gasteiger partial charge in [-0.15, -0.1) is 0 Å². The molecule has 0 atom stereocenters. The number of carbonyl (C=O) groups excluding carboxylic acids is 1. The van der Waals surface area contributed by atoms with E-state index in [0.29, 0.717) is 12.0 Å². The molecule has 0 heterocycles. The molecule has 0 radical (unpaired) electrons. The van der Waals surface area contributed by atoms with Crippen LogP contribution in [0, 0.1) is 0 Å².